The highest BCUT2D eigenvalue weighted by molar-refractivity contribution is 7.89. The van der Waals surface area contributed by atoms with E-state index in [1.54, 1.807) is 4.72 Å². The van der Waals surface area contributed by atoms with E-state index >= 15 is 0 Å². The number of amides is 2. The molecule has 1 aliphatic rings. The third kappa shape index (κ3) is 3.66. The molecule has 1 aromatic rings. The van der Waals surface area contributed by atoms with Gasteiger partial charge in [-0.1, -0.05) is 18.2 Å². The summed E-state index contributed by atoms with van der Waals surface area (Å²) < 4.78 is 23.6. The standard InChI is InChI=1S/C6H8N2.C4H6N2O4S/c7-8-6-4-2-1-3-5-6;1-2-6-4(8)3(7)5-11(6,9)10/h1-5,8H,7H2;2H2,1H3,(H,5,7). The van der Waals surface area contributed by atoms with Crippen LogP contribution in [0.3, 0.4) is 0 Å². The topological polar surface area (TPSA) is 122 Å². The Bertz CT molecular complexity index is 558. The summed E-state index contributed by atoms with van der Waals surface area (Å²) >= 11 is 0. The van der Waals surface area contributed by atoms with E-state index in [-0.39, 0.29) is 6.54 Å². The fourth-order valence-electron chi connectivity index (χ4n) is 1.29. The monoisotopic (exact) mass is 286 g/mol. The molecule has 2 amide bonds. The first-order valence-corrected chi connectivity index (χ1v) is 6.76. The van der Waals surface area contributed by atoms with E-state index in [1.807, 2.05) is 30.3 Å². The maximum atomic E-state index is 10.8. The number of hydrogen-bond acceptors (Lipinski definition) is 6. The summed E-state index contributed by atoms with van der Waals surface area (Å²) in [5.74, 6) is 2.99. The molecule has 1 aliphatic heterocycles. The molecule has 2 rings (SSSR count). The average molecular weight is 286 g/mol. The lowest BCUT2D eigenvalue weighted by Gasteiger charge is -2.07. The number of nitrogens with two attached hydrogens (primary N) is 1. The second kappa shape index (κ2) is 6.16. The predicted octanol–water partition coefficient (Wildman–Crippen LogP) is -0.818. The number of hydrazine groups is 1. The highest BCUT2D eigenvalue weighted by Crippen LogP contribution is 2.05. The van der Waals surface area contributed by atoms with Gasteiger partial charge in [-0.05, 0) is 19.1 Å². The Labute approximate surface area is 110 Å². The van der Waals surface area contributed by atoms with Crippen molar-refractivity contribution in [1.29, 1.82) is 0 Å². The molecule has 104 valence electrons. The molecule has 0 saturated carbocycles. The number of nitrogens with one attached hydrogen (secondary N) is 2. The number of anilines is 1. The Morgan fingerprint density at radius 2 is 1.84 bits per heavy atom. The number of likely N-dealkylation sites (N-methyl/N-ethyl adjacent to an activating group) is 1. The van der Waals surface area contributed by atoms with E-state index in [4.69, 9.17) is 5.84 Å². The molecule has 0 atom stereocenters. The lowest BCUT2D eigenvalue weighted by Crippen LogP contribution is -2.31. The first-order chi connectivity index (χ1) is 8.92. The zero-order chi connectivity index (χ0) is 14.5. The summed E-state index contributed by atoms with van der Waals surface area (Å²) in [7, 11) is -3.85. The van der Waals surface area contributed by atoms with E-state index in [0.29, 0.717) is 4.31 Å². The molecule has 19 heavy (non-hydrogen) atoms. The Balaban J connectivity index is 0.000000200. The number of carbonyl (C=O) groups excluding carboxylic acids is 2. The summed E-state index contributed by atoms with van der Waals surface area (Å²) in [6.07, 6.45) is 0. The zero-order valence-corrected chi connectivity index (χ0v) is 11.0. The van der Waals surface area contributed by atoms with Gasteiger partial charge < -0.3 is 5.43 Å². The quantitative estimate of drug-likeness (QED) is 0.371. The summed E-state index contributed by atoms with van der Waals surface area (Å²) in [5, 5.41) is 0. The van der Waals surface area contributed by atoms with Gasteiger partial charge in [-0.15, -0.1) is 0 Å². The van der Waals surface area contributed by atoms with Crippen molar-refractivity contribution in [2.24, 2.45) is 5.84 Å². The van der Waals surface area contributed by atoms with Crippen LogP contribution in [0.2, 0.25) is 0 Å². The van der Waals surface area contributed by atoms with E-state index in [9.17, 15) is 18.0 Å². The van der Waals surface area contributed by atoms with Crippen LogP contribution < -0.4 is 16.0 Å². The van der Waals surface area contributed by atoms with Gasteiger partial charge in [0.25, 0.3) is 0 Å². The molecule has 0 bridgehead atoms. The minimum Gasteiger partial charge on any atom is -0.324 e. The minimum absolute atomic E-state index is 0.0279. The molecule has 1 heterocycles. The molecule has 0 aliphatic carbocycles. The smallest absolute Gasteiger partial charge is 0.324 e. The number of nitrogens with zero attached hydrogens (tertiary/aromatic N) is 1. The van der Waals surface area contributed by atoms with Crippen LogP contribution in [-0.4, -0.2) is 31.1 Å². The Hall–Kier alpha value is -2.13. The largest absolute Gasteiger partial charge is 0.329 e. The van der Waals surface area contributed by atoms with Gasteiger partial charge in [-0.25, -0.2) is 9.03 Å². The number of hydrogen-bond donors (Lipinski definition) is 3. The first kappa shape index (κ1) is 14.9. The summed E-state index contributed by atoms with van der Waals surface area (Å²) in [4.78, 5) is 21.2. The summed E-state index contributed by atoms with van der Waals surface area (Å²) in [5.41, 5.74) is 3.46. The van der Waals surface area contributed by atoms with Crippen LogP contribution in [0.1, 0.15) is 6.92 Å². The maximum absolute atomic E-state index is 10.8. The van der Waals surface area contributed by atoms with E-state index in [0.717, 1.165) is 5.69 Å². The molecule has 0 spiro atoms. The van der Waals surface area contributed by atoms with Crippen molar-refractivity contribution in [1.82, 2.24) is 9.03 Å². The van der Waals surface area contributed by atoms with E-state index in [1.165, 1.54) is 6.92 Å². The van der Waals surface area contributed by atoms with Crippen molar-refractivity contribution in [2.75, 3.05) is 12.0 Å². The fraction of sp³-hybridized carbons (Fsp3) is 0.200. The van der Waals surface area contributed by atoms with Crippen LogP contribution in [0.4, 0.5) is 5.69 Å². The van der Waals surface area contributed by atoms with Crippen molar-refractivity contribution in [3.8, 4) is 0 Å². The number of para-hydroxylation sites is 1. The zero-order valence-electron chi connectivity index (χ0n) is 10.2. The van der Waals surface area contributed by atoms with Gasteiger partial charge in [0.05, 0.1) is 0 Å². The highest BCUT2D eigenvalue weighted by atomic mass is 32.2. The van der Waals surface area contributed by atoms with Crippen LogP contribution in [0.25, 0.3) is 0 Å². The molecule has 1 saturated heterocycles. The molecule has 1 fully saturated rings. The molecule has 0 aromatic heterocycles. The van der Waals surface area contributed by atoms with Gasteiger partial charge in [0.15, 0.2) is 0 Å². The molecule has 1 aromatic carbocycles. The third-order valence-electron chi connectivity index (χ3n) is 2.16. The number of nitrogen functional groups attached to an aromatic ring is 1. The van der Waals surface area contributed by atoms with E-state index < -0.39 is 22.0 Å². The van der Waals surface area contributed by atoms with Crippen molar-refractivity contribution in [3.63, 3.8) is 0 Å². The van der Waals surface area contributed by atoms with Crippen LogP contribution in [0, 0.1) is 0 Å². The van der Waals surface area contributed by atoms with Gasteiger partial charge in [0.2, 0.25) is 0 Å². The lowest BCUT2D eigenvalue weighted by molar-refractivity contribution is -0.139. The van der Waals surface area contributed by atoms with E-state index in [2.05, 4.69) is 5.43 Å². The van der Waals surface area contributed by atoms with Crippen molar-refractivity contribution in [3.05, 3.63) is 30.3 Å². The van der Waals surface area contributed by atoms with Crippen molar-refractivity contribution < 1.29 is 18.0 Å². The second-order valence-electron chi connectivity index (χ2n) is 3.42. The lowest BCUT2D eigenvalue weighted by atomic mass is 10.3. The van der Waals surface area contributed by atoms with Crippen LogP contribution in [-0.2, 0) is 19.8 Å². The molecular formula is C10H14N4O4S. The highest BCUT2D eigenvalue weighted by Gasteiger charge is 2.40. The minimum atomic E-state index is -3.85. The van der Waals surface area contributed by atoms with Gasteiger partial charge in [-0.3, -0.25) is 15.4 Å². The van der Waals surface area contributed by atoms with Crippen molar-refractivity contribution >= 4 is 27.7 Å². The molecule has 0 radical (unpaired) electrons. The molecule has 0 unspecified atom stereocenters. The molecule has 9 heteroatoms. The average Bonchev–Trinajstić information content (AvgIpc) is 2.59. The predicted molar refractivity (Wildman–Crippen MR) is 68.7 cm³/mol. The number of carbonyl (C=O) groups is 2. The molecule has 8 nitrogen and oxygen atoms in total. The Morgan fingerprint density at radius 1 is 1.26 bits per heavy atom. The second-order valence-corrected chi connectivity index (χ2v) is 5.01. The molecule has 4 N–H and O–H groups in total. The summed E-state index contributed by atoms with van der Waals surface area (Å²) in [6.45, 7) is 1.44. The number of benzene rings is 1. The van der Waals surface area contributed by atoms with Gasteiger partial charge in [0.1, 0.15) is 0 Å². The maximum Gasteiger partial charge on any atom is 0.329 e. The fourth-order valence-corrected chi connectivity index (χ4v) is 2.36. The van der Waals surface area contributed by atoms with Crippen LogP contribution in [0.5, 0.6) is 0 Å². The van der Waals surface area contributed by atoms with Crippen molar-refractivity contribution in [2.45, 2.75) is 6.92 Å². The van der Waals surface area contributed by atoms with Gasteiger partial charge >= 0.3 is 22.0 Å². The SMILES string of the molecule is CCN1C(=O)C(=O)NS1(=O)=O.NNc1ccccc1. The Kier molecular flexibility index (Phi) is 4.84. The Morgan fingerprint density at radius 3 is 2.11 bits per heavy atom. The van der Waals surface area contributed by atoms with Gasteiger partial charge in [-0.2, -0.15) is 8.42 Å². The number of rotatable bonds is 2. The van der Waals surface area contributed by atoms with Crippen LogP contribution in [0.15, 0.2) is 30.3 Å². The molecular weight excluding hydrogens is 272 g/mol. The summed E-state index contributed by atoms with van der Waals surface area (Å²) in [6, 6.07) is 9.60. The normalized spacial score (nSPS) is 16.4. The third-order valence-corrected chi connectivity index (χ3v) is 3.61. The van der Waals surface area contributed by atoms with Crippen LogP contribution >= 0.6 is 0 Å². The van der Waals surface area contributed by atoms with Gasteiger partial charge in [0, 0.05) is 12.2 Å². The first-order valence-electron chi connectivity index (χ1n) is 5.32.